The summed E-state index contributed by atoms with van der Waals surface area (Å²) >= 11 is 0. The highest BCUT2D eigenvalue weighted by Crippen LogP contribution is 2.39. The first-order valence-corrected chi connectivity index (χ1v) is 8.63. The fourth-order valence-electron chi connectivity index (χ4n) is 3.65. The summed E-state index contributed by atoms with van der Waals surface area (Å²) in [6, 6.07) is 0. The van der Waals surface area contributed by atoms with E-state index in [-0.39, 0.29) is 6.10 Å². The highest BCUT2D eigenvalue weighted by Gasteiger charge is 2.31. The van der Waals surface area contributed by atoms with Gasteiger partial charge in [-0.25, -0.2) is 0 Å². The molecule has 3 atom stereocenters. The van der Waals surface area contributed by atoms with Gasteiger partial charge in [-0.3, -0.25) is 0 Å². The largest absolute Gasteiger partial charge is 0.389 e. The molecule has 0 amide bonds. The quantitative estimate of drug-likeness (QED) is 0.719. The van der Waals surface area contributed by atoms with Crippen molar-refractivity contribution in [3.05, 3.63) is 0 Å². The Morgan fingerprint density at radius 1 is 1.25 bits per heavy atom. The zero-order valence-electron chi connectivity index (χ0n) is 13.4. The molecule has 2 aliphatic carbocycles. The molecule has 2 aliphatic rings. The molecular formula is C17H33NO2. The monoisotopic (exact) mass is 283 g/mol. The topological polar surface area (TPSA) is 41.5 Å². The minimum Gasteiger partial charge on any atom is -0.389 e. The zero-order chi connectivity index (χ0) is 14.4. The van der Waals surface area contributed by atoms with Gasteiger partial charge in [-0.1, -0.05) is 39.5 Å². The van der Waals surface area contributed by atoms with Gasteiger partial charge in [-0.2, -0.15) is 0 Å². The SMILES string of the molecule is CCC1CCCCC1OCC(O)CNCC1(C)CCC1. The minimum atomic E-state index is -0.363. The van der Waals surface area contributed by atoms with Gasteiger partial charge < -0.3 is 15.2 Å². The molecule has 2 N–H and O–H groups in total. The lowest BCUT2D eigenvalue weighted by Gasteiger charge is -2.38. The Kier molecular flexibility index (Phi) is 6.31. The molecule has 0 spiro atoms. The molecule has 0 aromatic heterocycles. The van der Waals surface area contributed by atoms with Crippen LogP contribution in [-0.2, 0) is 4.74 Å². The third-order valence-electron chi connectivity index (χ3n) is 5.36. The Hall–Kier alpha value is -0.120. The third-order valence-corrected chi connectivity index (χ3v) is 5.36. The van der Waals surface area contributed by atoms with Crippen LogP contribution in [0.1, 0.15) is 65.2 Å². The summed E-state index contributed by atoms with van der Waals surface area (Å²) in [5.74, 6) is 0.706. The standard InChI is InChI=1S/C17H33NO2/c1-3-14-7-4-5-8-16(14)20-12-15(19)11-18-13-17(2)9-6-10-17/h14-16,18-19H,3-13H2,1-2H3. The van der Waals surface area contributed by atoms with Gasteiger partial charge >= 0.3 is 0 Å². The zero-order valence-corrected chi connectivity index (χ0v) is 13.4. The number of hydrogen-bond acceptors (Lipinski definition) is 3. The second-order valence-electron chi connectivity index (χ2n) is 7.27. The summed E-state index contributed by atoms with van der Waals surface area (Å²) in [6.07, 6.45) is 10.4. The summed E-state index contributed by atoms with van der Waals surface area (Å²) in [4.78, 5) is 0. The molecule has 0 radical (unpaired) electrons. The Morgan fingerprint density at radius 2 is 2.00 bits per heavy atom. The van der Waals surface area contributed by atoms with E-state index >= 15 is 0 Å². The Balaban J connectivity index is 1.58. The number of ether oxygens (including phenoxy) is 1. The Morgan fingerprint density at radius 3 is 2.65 bits per heavy atom. The first-order valence-electron chi connectivity index (χ1n) is 8.63. The van der Waals surface area contributed by atoms with Crippen LogP contribution in [-0.4, -0.2) is 37.0 Å². The predicted molar refractivity (Wildman–Crippen MR) is 82.8 cm³/mol. The number of hydrogen-bond donors (Lipinski definition) is 2. The van der Waals surface area contributed by atoms with E-state index in [9.17, 15) is 5.11 Å². The van der Waals surface area contributed by atoms with E-state index in [1.165, 1.54) is 51.4 Å². The second kappa shape index (κ2) is 7.77. The van der Waals surface area contributed by atoms with Crippen LogP contribution in [0.4, 0.5) is 0 Å². The van der Waals surface area contributed by atoms with Gasteiger partial charge in [-0.05, 0) is 37.0 Å². The van der Waals surface area contributed by atoms with Gasteiger partial charge in [0.1, 0.15) is 0 Å². The summed E-state index contributed by atoms with van der Waals surface area (Å²) in [7, 11) is 0. The number of nitrogens with one attached hydrogen (secondary N) is 1. The van der Waals surface area contributed by atoms with Gasteiger partial charge in [0, 0.05) is 13.1 Å². The van der Waals surface area contributed by atoms with Crippen LogP contribution in [0.5, 0.6) is 0 Å². The summed E-state index contributed by atoms with van der Waals surface area (Å²) < 4.78 is 5.98. The van der Waals surface area contributed by atoms with Gasteiger partial charge in [0.2, 0.25) is 0 Å². The Labute approximate surface area is 124 Å². The van der Waals surface area contributed by atoms with E-state index in [2.05, 4.69) is 19.2 Å². The highest BCUT2D eigenvalue weighted by atomic mass is 16.5. The Bertz CT molecular complexity index is 278. The lowest BCUT2D eigenvalue weighted by molar-refractivity contribution is -0.0505. The molecule has 0 saturated heterocycles. The number of rotatable bonds is 8. The van der Waals surface area contributed by atoms with Crippen molar-refractivity contribution in [3.63, 3.8) is 0 Å². The van der Waals surface area contributed by atoms with Crippen molar-refractivity contribution in [1.82, 2.24) is 5.32 Å². The second-order valence-corrected chi connectivity index (χ2v) is 7.27. The molecule has 0 aliphatic heterocycles. The van der Waals surface area contributed by atoms with Crippen molar-refractivity contribution in [2.24, 2.45) is 11.3 Å². The summed E-state index contributed by atoms with van der Waals surface area (Å²) in [5, 5.41) is 13.4. The van der Waals surface area contributed by atoms with Crippen LogP contribution in [0.2, 0.25) is 0 Å². The van der Waals surface area contributed by atoms with Crippen molar-refractivity contribution < 1.29 is 9.84 Å². The summed E-state index contributed by atoms with van der Waals surface area (Å²) in [6.45, 7) is 6.78. The van der Waals surface area contributed by atoms with Crippen LogP contribution in [0.25, 0.3) is 0 Å². The molecule has 0 aromatic rings. The fraction of sp³-hybridized carbons (Fsp3) is 1.00. The molecule has 2 rings (SSSR count). The maximum absolute atomic E-state index is 10.0. The van der Waals surface area contributed by atoms with E-state index in [1.54, 1.807) is 0 Å². The molecule has 0 aromatic carbocycles. The first-order chi connectivity index (χ1) is 9.63. The molecule has 118 valence electrons. The maximum atomic E-state index is 10.0. The van der Waals surface area contributed by atoms with E-state index in [4.69, 9.17) is 4.74 Å². The lowest BCUT2D eigenvalue weighted by atomic mass is 9.70. The average molecular weight is 283 g/mol. The maximum Gasteiger partial charge on any atom is 0.0897 e. The van der Waals surface area contributed by atoms with E-state index in [1.807, 2.05) is 0 Å². The van der Waals surface area contributed by atoms with Crippen molar-refractivity contribution in [2.75, 3.05) is 19.7 Å². The normalized spacial score (nSPS) is 30.8. The van der Waals surface area contributed by atoms with Crippen LogP contribution in [0.15, 0.2) is 0 Å². The first kappa shape index (κ1) is 16.3. The van der Waals surface area contributed by atoms with Gasteiger partial charge in [0.25, 0.3) is 0 Å². The van der Waals surface area contributed by atoms with Crippen molar-refractivity contribution >= 4 is 0 Å². The van der Waals surface area contributed by atoms with E-state index in [0.29, 0.717) is 30.6 Å². The van der Waals surface area contributed by atoms with Crippen LogP contribution in [0.3, 0.4) is 0 Å². The van der Waals surface area contributed by atoms with Crippen molar-refractivity contribution in [1.29, 1.82) is 0 Å². The highest BCUT2D eigenvalue weighted by molar-refractivity contribution is 4.85. The van der Waals surface area contributed by atoms with Gasteiger partial charge in [0.15, 0.2) is 0 Å². The van der Waals surface area contributed by atoms with Gasteiger partial charge in [0.05, 0.1) is 18.8 Å². The molecule has 3 heteroatoms. The molecule has 2 saturated carbocycles. The molecule has 3 nitrogen and oxygen atoms in total. The van der Waals surface area contributed by atoms with Crippen molar-refractivity contribution in [3.8, 4) is 0 Å². The average Bonchev–Trinajstić information content (AvgIpc) is 2.43. The molecule has 20 heavy (non-hydrogen) atoms. The van der Waals surface area contributed by atoms with Crippen LogP contribution in [0, 0.1) is 11.3 Å². The third kappa shape index (κ3) is 4.71. The molecule has 0 heterocycles. The molecule has 2 fully saturated rings. The molecule has 0 bridgehead atoms. The van der Waals surface area contributed by atoms with E-state index < -0.39 is 0 Å². The van der Waals surface area contributed by atoms with Crippen LogP contribution < -0.4 is 5.32 Å². The summed E-state index contributed by atoms with van der Waals surface area (Å²) in [5.41, 5.74) is 0.483. The lowest BCUT2D eigenvalue weighted by Crippen LogP contribution is -2.41. The minimum absolute atomic E-state index is 0.363. The molecular weight excluding hydrogens is 250 g/mol. The van der Waals surface area contributed by atoms with Crippen LogP contribution >= 0.6 is 0 Å². The van der Waals surface area contributed by atoms with Gasteiger partial charge in [-0.15, -0.1) is 0 Å². The smallest absolute Gasteiger partial charge is 0.0897 e. The fourth-order valence-corrected chi connectivity index (χ4v) is 3.65. The predicted octanol–water partition coefficient (Wildman–Crippen LogP) is 3.11. The molecule has 3 unspecified atom stereocenters. The number of aliphatic hydroxyl groups excluding tert-OH is 1. The van der Waals surface area contributed by atoms with Crippen molar-refractivity contribution in [2.45, 2.75) is 77.4 Å². The van der Waals surface area contributed by atoms with E-state index in [0.717, 1.165) is 6.54 Å². The number of aliphatic hydroxyl groups is 1.